The van der Waals surface area contributed by atoms with Gasteiger partial charge in [0.1, 0.15) is 0 Å². The third-order valence-electron chi connectivity index (χ3n) is 1.86. The first-order valence-electron chi connectivity index (χ1n) is 4.24. The summed E-state index contributed by atoms with van der Waals surface area (Å²) in [6.45, 7) is 2.39. The highest BCUT2D eigenvalue weighted by Gasteiger charge is 2.21. The molecule has 13 heavy (non-hydrogen) atoms. The predicted octanol–water partition coefficient (Wildman–Crippen LogP) is 1.47. The predicted molar refractivity (Wildman–Crippen MR) is 52.9 cm³/mol. The molecule has 4 heteroatoms. The Morgan fingerprint density at radius 3 is 3.00 bits per heavy atom. The second kappa shape index (κ2) is 4.69. The van der Waals surface area contributed by atoms with Gasteiger partial charge in [0.05, 0.1) is 10.6 Å². The van der Waals surface area contributed by atoms with Crippen LogP contribution in [0.1, 0.15) is 18.4 Å². The molecule has 74 valence electrons. The second-order valence-corrected chi connectivity index (χ2v) is 4.32. The Balaban J connectivity index is 2.42. The molecule has 0 saturated carbocycles. The largest absolute Gasteiger partial charge is 0.390 e. The number of thiazole rings is 1. The maximum Gasteiger partial charge on any atom is 0.0953 e. The van der Waals surface area contributed by atoms with Crippen molar-refractivity contribution in [1.82, 2.24) is 4.98 Å². The normalized spacial score (nSPS) is 15.6. The van der Waals surface area contributed by atoms with E-state index in [1.54, 1.807) is 24.6 Å². The number of aromatic nitrogens is 1. The van der Waals surface area contributed by atoms with Crippen LogP contribution in [-0.4, -0.2) is 29.4 Å². The third kappa shape index (κ3) is 3.85. The lowest BCUT2D eigenvalue weighted by Crippen LogP contribution is -2.28. The number of aliphatic hydroxyl groups is 1. The lowest BCUT2D eigenvalue weighted by Gasteiger charge is -2.21. The van der Waals surface area contributed by atoms with Crippen molar-refractivity contribution in [3.63, 3.8) is 0 Å². The lowest BCUT2D eigenvalue weighted by atomic mass is 9.99. The zero-order valence-corrected chi connectivity index (χ0v) is 8.80. The van der Waals surface area contributed by atoms with Crippen LogP contribution in [0.25, 0.3) is 0 Å². The van der Waals surface area contributed by atoms with Gasteiger partial charge in [0.15, 0.2) is 0 Å². The van der Waals surface area contributed by atoms with Gasteiger partial charge in [-0.2, -0.15) is 0 Å². The fourth-order valence-electron chi connectivity index (χ4n) is 1.08. The summed E-state index contributed by atoms with van der Waals surface area (Å²) >= 11 is 1.57. The van der Waals surface area contributed by atoms with E-state index in [1.165, 1.54) is 0 Å². The van der Waals surface area contributed by atoms with Crippen molar-refractivity contribution < 1.29 is 9.84 Å². The van der Waals surface area contributed by atoms with E-state index in [1.807, 2.05) is 12.3 Å². The molecular formula is C9H15NO2S. The Bertz CT molecular complexity index is 234. The van der Waals surface area contributed by atoms with Crippen LogP contribution in [-0.2, 0) is 11.2 Å². The number of ether oxygens (including phenoxy) is 1. The quantitative estimate of drug-likeness (QED) is 0.784. The molecule has 0 aliphatic rings. The van der Waals surface area contributed by atoms with E-state index in [9.17, 15) is 5.11 Å². The number of rotatable bonds is 5. The van der Waals surface area contributed by atoms with Crippen LogP contribution in [0.2, 0.25) is 0 Å². The minimum Gasteiger partial charge on any atom is -0.390 e. The van der Waals surface area contributed by atoms with E-state index in [-0.39, 0.29) is 0 Å². The van der Waals surface area contributed by atoms with Crippen LogP contribution >= 0.6 is 11.3 Å². The number of nitrogens with zero attached hydrogens (tertiary/aromatic N) is 1. The van der Waals surface area contributed by atoms with Gasteiger partial charge < -0.3 is 9.84 Å². The van der Waals surface area contributed by atoms with Crippen LogP contribution in [0.4, 0.5) is 0 Å². The monoisotopic (exact) mass is 201 g/mol. The Kier molecular flexibility index (Phi) is 3.84. The fourth-order valence-corrected chi connectivity index (χ4v) is 1.87. The first-order valence-corrected chi connectivity index (χ1v) is 5.12. The molecule has 1 heterocycles. The number of hydrogen-bond donors (Lipinski definition) is 1. The highest BCUT2D eigenvalue weighted by Crippen LogP contribution is 2.18. The van der Waals surface area contributed by atoms with E-state index in [2.05, 4.69) is 4.98 Å². The van der Waals surface area contributed by atoms with Gasteiger partial charge in [0.25, 0.3) is 0 Å². The second-order valence-electron chi connectivity index (χ2n) is 3.34. The molecule has 0 aliphatic carbocycles. The minimum atomic E-state index is -0.701. The van der Waals surface area contributed by atoms with Gasteiger partial charge in [-0.15, -0.1) is 11.3 Å². The summed E-state index contributed by atoms with van der Waals surface area (Å²) in [5.41, 5.74) is -0.701. The van der Waals surface area contributed by atoms with E-state index >= 15 is 0 Å². The molecule has 3 nitrogen and oxygen atoms in total. The summed E-state index contributed by atoms with van der Waals surface area (Å²) in [5.74, 6) is 0. The molecule has 1 atom stereocenters. The highest BCUT2D eigenvalue weighted by molar-refractivity contribution is 7.09. The van der Waals surface area contributed by atoms with E-state index in [0.29, 0.717) is 19.4 Å². The average Bonchev–Trinajstić information content (AvgIpc) is 2.52. The summed E-state index contributed by atoms with van der Waals surface area (Å²) in [6.07, 6.45) is 3.00. The SMILES string of the molecule is COCCC(C)(O)Cc1nccs1. The number of methoxy groups -OCH3 is 1. The van der Waals surface area contributed by atoms with Crippen molar-refractivity contribution in [3.8, 4) is 0 Å². The van der Waals surface area contributed by atoms with Crippen LogP contribution in [0.3, 0.4) is 0 Å². The smallest absolute Gasteiger partial charge is 0.0953 e. The van der Waals surface area contributed by atoms with Gasteiger partial charge in [0, 0.05) is 31.7 Å². The Morgan fingerprint density at radius 2 is 2.46 bits per heavy atom. The minimum absolute atomic E-state index is 0.582. The van der Waals surface area contributed by atoms with Crippen molar-refractivity contribution >= 4 is 11.3 Å². The first-order chi connectivity index (χ1) is 6.14. The molecule has 0 aliphatic heterocycles. The molecule has 0 amide bonds. The standard InChI is InChI=1S/C9H15NO2S/c1-9(11,3-5-12-2)7-8-10-4-6-13-8/h4,6,11H,3,5,7H2,1-2H3. The Labute approximate surface area is 82.4 Å². The van der Waals surface area contributed by atoms with E-state index in [0.717, 1.165) is 5.01 Å². The van der Waals surface area contributed by atoms with Gasteiger partial charge in [-0.25, -0.2) is 4.98 Å². The molecule has 1 aromatic rings. The van der Waals surface area contributed by atoms with Crippen molar-refractivity contribution in [3.05, 3.63) is 16.6 Å². The van der Waals surface area contributed by atoms with E-state index < -0.39 is 5.60 Å². The molecular weight excluding hydrogens is 186 g/mol. The third-order valence-corrected chi connectivity index (χ3v) is 2.64. The van der Waals surface area contributed by atoms with Crippen molar-refractivity contribution in [2.75, 3.05) is 13.7 Å². The zero-order valence-electron chi connectivity index (χ0n) is 7.99. The molecule has 1 rings (SSSR count). The Hall–Kier alpha value is -0.450. The summed E-state index contributed by atoms with van der Waals surface area (Å²) in [4.78, 5) is 4.13. The van der Waals surface area contributed by atoms with Gasteiger partial charge in [0.2, 0.25) is 0 Å². The molecule has 0 fully saturated rings. The summed E-state index contributed by atoms with van der Waals surface area (Å²) < 4.78 is 4.92. The van der Waals surface area contributed by atoms with Crippen molar-refractivity contribution in [2.45, 2.75) is 25.4 Å². The summed E-state index contributed by atoms with van der Waals surface area (Å²) in [7, 11) is 1.64. The van der Waals surface area contributed by atoms with E-state index in [4.69, 9.17) is 4.74 Å². The zero-order chi connectivity index (χ0) is 9.73. The van der Waals surface area contributed by atoms with Crippen LogP contribution in [0.15, 0.2) is 11.6 Å². The fraction of sp³-hybridized carbons (Fsp3) is 0.667. The summed E-state index contributed by atoms with van der Waals surface area (Å²) in [5, 5.41) is 12.8. The van der Waals surface area contributed by atoms with Gasteiger partial charge in [-0.3, -0.25) is 0 Å². The topological polar surface area (TPSA) is 42.4 Å². The van der Waals surface area contributed by atoms with Gasteiger partial charge in [-0.05, 0) is 13.3 Å². The molecule has 0 radical (unpaired) electrons. The summed E-state index contributed by atoms with van der Waals surface area (Å²) in [6, 6.07) is 0. The Morgan fingerprint density at radius 1 is 1.69 bits per heavy atom. The van der Waals surface area contributed by atoms with Crippen LogP contribution < -0.4 is 0 Å². The molecule has 0 spiro atoms. The van der Waals surface area contributed by atoms with Crippen LogP contribution in [0.5, 0.6) is 0 Å². The van der Waals surface area contributed by atoms with Crippen molar-refractivity contribution in [2.24, 2.45) is 0 Å². The molecule has 0 aromatic carbocycles. The first kappa shape index (κ1) is 10.6. The van der Waals surface area contributed by atoms with Gasteiger partial charge in [-0.1, -0.05) is 0 Å². The maximum absolute atomic E-state index is 9.90. The van der Waals surface area contributed by atoms with Gasteiger partial charge >= 0.3 is 0 Å². The molecule has 0 bridgehead atoms. The molecule has 1 N–H and O–H groups in total. The highest BCUT2D eigenvalue weighted by atomic mass is 32.1. The molecule has 1 unspecified atom stereocenters. The maximum atomic E-state index is 9.90. The van der Waals surface area contributed by atoms with Crippen molar-refractivity contribution in [1.29, 1.82) is 0 Å². The number of hydrogen-bond acceptors (Lipinski definition) is 4. The van der Waals surface area contributed by atoms with Crippen LogP contribution in [0, 0.1) is 0 Å². The molecule has 0 saturated heterocycles. The average molecular weight is 201 g/mol. The molecule has 1 aromatic heterocycles. The lowest BCUT2D eigenvalue weighted by molar-refractivity contribution is 0.0249.